The number of hydrogen-bond donors (Lipinski definition) is 1. The molecule has 0 saturated heterocycles. The zero-order valence-corrected chi connectivity index (χ0v) is 9.46. The van der Waals surface area contributed by atoms with Crippen molar-refractivity contribution in [2.24, 2.45) is 0 Å². The van der Waals surface area contributed by atoms with Gasteiger partial charge in [-0.2, -0.15) is 0 Å². The maximum Gasteiger partial charge on any atom is 0.0129 e. The second kappa shape index (κ2) is 23.1. The summed E-state index contributed by atoms with van der Waals surface area (Å²) in [5.74, 6) is 0. The van der Waals surface area contributed by atoms with Crippen molar-refractivity contribution in [3.63, 3.8) is 0 Å². The molecule has 0 heterocycles. The molecule has 0 unspecified atom stereocenters. The largest absolute Gasteiger partial charge is 0.344 e. The minimum absolute atomic E-state index is 0. The first-order valence-corrected chi connectivity index (χ1v) is 5.19. The summed E-state index contributed by atoms with van der Waals surface area (Å²) in [6, 6.07) is 0. The van der Waals surface area contributed by atoms with Crippen LogP contribution in [-0.2, 0) is 0 Å². The molecule has 1 nitrogen and oxygen atoms in total. The second-order valence-corrected chi connectivity index (χ2v) is 2.96. The molecule has 60 valence electrons. The van der Waals surface area contributed by atoms with Crippen molar-refractivity contribution in [1.82, 2.24) is 6.15 Å². The van der Waals surface area contributed by atoms with Crippen molar-refractivity contribution in [1.29, 1.82) is 0 Å². The Kier molecular flexibility index (Phi) is 42.3. The van der Waals surface area contributed by atoms with Crippen molar-refractivity contribution in [3.8, 4) is 0 Å². The van der Waals surface area contributed by atoms with Crippen molar-refractivity contribution in [2.75, 3.05) is 10.7 Å². The van der Waals surface area contributed by atoms with Crippen LogP contribution in [0, 0.1) is 0 Å². The van der Waals surface area contributed by atoms with Crippen LogP contribution in [0.15, 0.2) is 0 Å². The van der Waals surface area contributed by atoms with Gasteiger partial charge in [0.05, 0.1) is 0 Å². The lowest BCUT2D eigenvalue weighted by molar-refractivity contribution is 0.886. The molecule has 0 bridgehead atoms. The van der Waals surface area contributed by atoms with Gasteiger partial charge in [-0.3, -0.25) is 0 Å². The number of hydrogen-bond acceptors (Lipinski definition) is 1. The predicted molar refractivity (Wildman–Crippen MR) is 53.2 cm³/mol. The van der Waals surface area contributed by atoms with E-state index in [1.807, 2.05) is 0 Å². The molecule has 0 atom stereocenters. The molecule has 0 aromatic heterocycles. The van der Waals surface area contributed by atoms with Crippen LogP contribution in [0.4, 0.5) is 0 Å². The van der Waals surface area contributed by atoms with E-state index < -0.39 is 0 Å². The van der Waals surface area contributed by atoms with Crippen molar-refractivity contribution < 1.29 is 0 Å². The molecule has 0 aliphatic rings. The van der Waals surface area contributed by atoms with Gasteiger partial charge >= 0.3 is 0 Å². The predicted octanol–water partition coefficient (Wildman–Crippen LogP) is 3.74. The molecule has 0 saturated carbocycles. The highest BCUT2D eigenvalue weighted by Crippen LogP contribution is 1.82. The van der Waals surface area contributed by atoms with Gasteiger partial charge in [0.1, 0.15) is 0 Å². The van der Waals surface area contributed by atoms with E-state index in [0.717, 1.165) is 10.7 Å². The third-order valence-corrected chi connectivity index (χ3v) is 2.43. The molecule has 3 heteroatoms. The number of rotatable bonds is 2. The molecule has 9 heavy (non-hydrogen) atoms. The Morgan fingerprint density at radius 3 is 1.11 bits per heavy atom. The highest BCUT2D eigenvalue weighted by Gasteiger charge is 1.60. The van der Waals surface area contributed by atoms with Crippen LogP contribution in [0.2, 0.25) is 0 Å². The molecular weight excluding hydrogens is 246 g/mol. The third kappa shape index (κ3) is 50.1. The highest BCUT2D eigenvalue weighted by atomic mass is 79.9. The van der Waals surface area contributed by atoms with Gasteiger partial charge in [-0.1, -0.05) is 58.5 Å². The summed E-state index contributed by atoms with van der Waals surface area (Å²) in [7, 11) is 0. The van der Waals surface area contributed by atoms with Gasteiger partial charge in [-0.25, -0.2) is 0 Å². The van der Waals surface area contributed by atoms with E-state index in [-0.39, 0.29) is 6.15 Å². The van der Waals surface area contributed by atoms with Gasteiger partial charge in [-0.05, 0) is 0 Å². The molecule has 0 fully saturated rings. The Morgan fingerprint density at radius 1 is 0.889 bits per heavy atom. The molecule has 3 N–H and O–H groups in total. The zero-order valence-electron chi connectivity index (χ0n) is 6.29. The Hall–Kier alpha value is 0.920. The van der Waals surface area contributed by atoms with E-state index >= 15 is 0 Å². The summed E-state index contributed by atoms with van der Waals surface area (Å²) in [4.78, 5) is 0. The maximum absolute atomic E-state index is 3.20. The van der Waals surface area contributed by atoms with Gasteiger partial charge in [0.25, 0.3) is 0 Å². The van der Waals surface area contributed by atoms with Gasteiger partial charge in [-0.15, -0.1) is 0 Å². The van der Waals surface area contributed by atoms with Crippen molar-refractivity contribution in [2.45, 2.75) is 26.7 Å². The summed E-state index contributed by atoms with van der Waals surface area (Å²) in [6.45, 7) is 4.36. The fourth-order valence-corrected chi connectivity index (χ4v) is 0. The van der Waals surface area contributed by atoms with E-state index in [1.165, 1.54) is 12.8 Å². The molecule has 0 rings (SSSR count). The van der Waals surface area contributed by atoms with Gasteiger partial charge < -0.3 is 6.15 Å². The van der Waals surface area contributed by atoms with Gasteiger partial charge in [0, 0.05) is 10.7 Å². The van der Waals surface area contributed by atoms with Crippen LogP contribution < -0.4 is 6.15 Å². The van der Waals surface area contributed by atoms with Crippen LogP contribution in [0.5, 0.6) is 0 Å². The first-order valence-electron chi connectivity index (χ1n) is 2.95. The van der Waals surface area contributed by atoms with Crippen LogP contribution in [0.3, 0.4) is 0 Å². The lowest BCUT2D eigenvalue weighted by Crippen LogP contribution is -1.61. The zero-order chi connectivity index (χ0) is 6.83. The van der Waals surface area contributed by atoms with Crippen LogP contribution in [0.1, 0.15) is 26.7 Å². The molecule has 0 aliphatic carbocycles. The lowest BCUT2D eigenvalue weighted by Gasteiger charge is -1.68. The summed E-state index contributed by atoms with van der Waals surface area (Å²) >= 11 is 6.40. The molecule has 0 aromatic rings. The van der Waals surface area contributed by atoms with E-state index in [0.29, 0.717) is 0 Å². The summed E-state index contributed by atoms with van der Waals surface area (Å²) in [6.07, 6.45) is 2.64. The molecule has 0 aromatic carbocycles. The SMILES string of the molecule is BrCCBr.CCCC.N. The first-order chi connectivity index (χ1) is 3.83. The quantitative estimate of drug-likeness (QED) is 0.756. The second-order valence-electron chi connectivity index (χ2n) is 1.38. The van der Waals surface area contributed by atoms with Gasteiger partial charge in [0.2, 0.25) is 0 Å². The first kappa shape index (κ1) is 16.5. The summed E-state index contributed by atoms with van der Waals surface area (Å²) in [5.41, 5.74) is 0. The fraction of sp³-hybridized carbons (Fsp3) is 1.00. The molecule has 0 aliphatic heterocycles. The topological polar surface area (TPSA) is 35.0 Å². The third-order valence-electron chi connectivity index (χ3n) is 0.571. The Bertz CT molecular complexity index is 19.0. The maximum atomic E-state index is 3.20. The van der Waals surface area contributed by atoms with Crippen LogP contribution >= 0.6 is 31.9 Å². The van der Waals surface area contributed by atoms with Gasteiger partial charge in [0.15, 0.2) is 0 Å². The monoisotopic (exact) mass is 261 g/mol. The van der Waals surface area contributed by atoms with E-state index in [1.54, 1.807) is 0 Å². The number of alkyl halides is 2. The minimum Gasteiger partial charge on any atom is -0.344 e. The molecule has 0 spiro atoms. The number of halogens is 2. The van der Waals surface area contributed by atoms with E-state index in [2.05, 4.69) is 45.7 Å². The molecular formula is C6H17Br2N. The van der Waals surface area contributed by atoms with Crippen LogP contribution in [0.25, 0.3) is 0 Å². The minimum atomic E-state index is 0. The van der Waals surface area contributed by atoms with Crippen LogP contribution in [-0.4, -0.2) is 10.7 Å². The Balaban J connectivity index is -0.0000000720. The lowest BCUT2D eigenvalue weighted by atomic mass is 10.4. The molecule has 0 amide bonds. The van der Waals surface area contributed by atoms with Crippen molar-refractivity contribution >= 4 is 31.9 Å². The standard InChI is InChI=1S/C4H10.C2H4Br2.H3N/c1-3-4-2;3-1-2-4;/h3-4H2,1-2H3;1-2H2;1H3. The summed E-state index contributed by atoms with van der Waals surface area (Å²) < 4.78 is 0. The highest BCUT2D eigenvalue weighted by molar-refractivity contribution is 9.11. The average molecular weight is 263 g/mol. The normalized spacial score (nSPS) is 6.67. The molecule has 0 radical (unpaired) electrons. The van der Waals surface area contributed by atoms with Crippen molar-refractivity contribution in [3.05, 3.63) is 0 Å². The summed E-state index contributed by atoms with van der Waals surface area (Å²) in [5, 5.41) is 2.10. The smallest absolute Gasteiger partial charge is 0.0129 e. The van der Waals surface area contributed by atoms with E-state index in [4.69, 9.17) is 0 Å². The fourth-order valence-electron chi connectivity index (χ4n) is 0. The van der Waals surface area contributed by atoms with E-state index in [9.17, 15) is 0 Å². The average Bonchev–Trinajstić information content (AvgIpc) is 1.88. The Labute approximate surface area is 75.4 Å². The Morgan fingerprint density at radius 2 is 1.11 bits per heavy atom. The number of unbranched alkanes of at least 4 members (excludes halogenated alkanes) is 1.